The number of aryl methyl sites for hydroxylation is 1. The van der Waals surface area contributed by atoms with Crippen molar-refractivity contribution in [2.24, 2.45) is 0 Å². The van der Waals surface area contributed by atoms with E-state index in [9.17, 15) is 4.79 Å². The highest BCUT2D eigenvalue weighted by Crippen LogP contribution is 2.31. The van der Waals surface area contributed by atoms with E-state index in [2.05, 4.69) is 48.1 Å². The van der Waals surface area contributed by atoms with Crippen LogP contribution in [0.5, 0.6) is 11.5 Å². The Balaban J connectivity index is 1.75. The molecule has 2 rings (SSSR count). The normalized spacial score (nSPS) is 11.2. The molecule has 1 N–H and O–H groups in total. The lowest BCUT2D eigenvalue weighted by Gasteiger charge is -2.20. The van der Waals surface area contributed by atoms with Crippen molar-refractivity contribution in [3.63, 3.8) is 0 Å². The SMILES string of the molecule is CCOc1ccccc1CCCNC(=O)COc1ccc(C(C)(C)C)cc1Br. The molecule has 0 aliphatic carbocycles. The number of benzene rings is 2. The molecule has 0 bridgehead atoms. The molecule has 4 nitrogen and oxygen atoms in total. The van der Waals surface area contributed by atoms with Crippen LogP contribution < -0.4 is 14.8 Å². The van der Waals surface area contributed by atoms with Crippen molar-refractivity contribution >= 4 is 21.8 Å². The number of hydrogen-bond acceptors (Lipinski definition) is 3. The van der Waals surface area contributed by atoms with Crippen LogP contribution in [-0.2, 0) is 16.6 Å². The van der Waals surface area contributed by atoms with Gasteiger partial charge >= 0.3 is 0 Å². The molecule has 0 spiro atoms. The first-order valence-corrected chi connectivity index (χ1v) is 10.5. The quantitative estimate of drug-likeness (QED) is 0.532. The summed E-state index contributed by atoms with van der Waals surface area (Å²) in [6.07, 6.45) is 1.71. The van der Waals surface area contributed by atoms with Gasteiger partial charge in [0.05, 0.1) is 11.1 Å². The summed E-state index contributed by atoms with van der Waals surface area (Å²) < 4.78 is 12.1. The predicted molar refractivity (Wildman–Crippen MR) is 117 cm³/mol. The van der Waals surface area contributed by atoms with Crippen molar-refractivity contribution in [1.82, 2.24) is 5.32 Å². The van der Waals surface area contributed by atoms with E-state index in [0.717, 1.165) is 28.6 Å². The van der Waals surface area contributed by atoms with Crippen LogP contribution in [0.1, 0.15) is 45.2 Å². The summed E-state index contributed by atoms with van der Waals surface area (Å²) in [4.78, 5) is 12.1. The van der Waals surface area contributed by atoms with E-state index in [1.54, 1.807) is 0 Å². The number of para-hydroxylation sites is 1. The van der Waals surface area contributed by atoms with Gasteiger partial charge in [0.2, 0.25) is 0 Å². The lowest BCUT2D eigenvalue weighted by Crippen LogP contribution is -2.30. The minimum absolute atomic E-state index is 0.00297. The van der Waals surface area contributed by atoms with Gasteiger partial charge in [0.15, 0.2) is 6.61 Å². The van der Waals surface area contributed by atoms with Crippen LogP contribution in [0.15, 0.2) is 46.9 Å². The van der Waals surface area contributed by atoms with Gasteiger partial charge in [-0.3, -0.25) is 4.79 Å². The number of hydrogen-bond donors (Lipinski definition) is 1. The molecule has 0 saturated carbocycles. The Hall–Kier alpha value is -2.01. The van der Waals surface area contributed by atoms with Crippen molar-refractivity contribution in [3.05, 3.63) is 58.1 Å². The second-order valence-electron chi connectivity index (χ2n) is 7.68. The van der Waals surface area contributed by atoms with Crippen LogP contribution in [0.3, 0.4) is 0 Å². The van der Waals surface area contributed by atoms with E-state index in [1.165, 1.54) is 5.56 Å². The summed E-state index contributed by atoms with van der Waals surface area (Å²) in [5.41, 5.74) is 2.44. The fraction of sp³-hybridized carbons (Fsp3) is 0.435. The molecule has 5 heteroatoms. The van der Waals surface area contributed by atoms with Crippen molar-refractivity contribution in [2.75, 3.05) is 19.8 Å². The Morgan fingerprint density at radius 1 is 1.07 bits per heavy atom. The van der Waals surface area contributed by atoms with Gasteiger partial charge in [0.25, 0.3) is 5.91 Å². The van der Waals surface area contributed by atoms with E-state index in [4.69, 9.17) is 9.47 Å². The second kappa shape index (κ2) is 10.5. The van der Waals surface area contributed by atoms with Crippen molar-refractivity contribution in [2.45, 2.75) is 46.0 Å². The zero-order chi connectivity index (χ0) is 20.6. The summed E-state index contributed by atoms with van der Waals surface area (Å²) in [7, 11) is 0. The van der Waals surface area contributed by atoms with E-state index in [-0.39, 0.29) is 17.9 Å². The lowest BCUT2D eigenvalue weighted by molar-refractivity contribution is -0.123. The minimum Gasteiger partial charge on any atom is -0.494 e. The molecule has 0 atom stereocenters. The topological polar surface area (TPSA) is 47.6 Å². The first kappa shape index (κ1) is 22.3. The maximum atomic E-state index is 12.1. The van der Waals surface area contributed by atoms with Gasteiger partial charge in [0, 0.05) is 6.54 Å². The fourth-order valence-corrected chi connectivity index (χ4v) is 3.29. The smallest absolute Gasteiger partial charge is 0.257 e. The molecule has 0 saturated heterocycles. The van der Waals surface area contributed by atoms with Crippen LogP contribution in [0, 0.1) is 0 Å². The maximum absolute atomic E-state index is 12.1. The summed E-state index contributed by atoms with van der Waals surface area (Å²) in [6, 6.07) is 14.0. The lowest BCUT2D eigenvalue weighted by atomic mass is 9.87. The number of carbonyl (C=O) groups excluding carboxylic acids is 1. The van der Waals surface area contributed by atoms with Gasteiger partial charge in [-0.25, -0.2) is 0 Å². The molecule has 0 heterocycles. The van der Waals surface area contributed by atoms with Crippen LogP contribution in [-0.4, -0.2) is 25.7 Å². The third kappa shape index (κ3) is 6.86. The van der Waals surface area contributed by atoms with Gasteiger partial charge in [-0.2, -0.15) is 0 Å². The molecule has 2 aromatic rings. The number of amides is 1. The molecule has 1 amide bonds. The highest BCUT2D eigenvalue weighted by atomic mass is 79.9. The van der Waals surface area contributed by atoms with Crippen molar-refractivity contribution < 1.29 is 14.3 Å². The first-order chi connectivity index (χ1) is 13.3. The van der Waals surface area contributed by atoms with Crippen LogP contribution in [0.25, 0.3) is 0 Å². The summed E-state index contributed by atoms with van der Waals surface area (Å²) in [5.74, 6) is 1.47. The number of carbonyl (C=O) groups is 1. The first-order valence-electron chi connectivity index (χ1n) is 9.71. The highest BCUT2D eigenvalue weighted by molar-refractivity contribution is 9.10. The molecule has 2 aromatic carbocycles. The van der Waals surface area contributed by atoms with E-state index < -0.39 is 0 Å². The number of halogens is 1. The Kier molecular flexibility index (Phi) is 8.36. The molecule has 0 aliphatic heterocycles. The zero-order valence-corrected chi connectivity index (χ0v) is 18.8. The van der Waals surface area contributed by atoms with Crippen molar-refractivity contribution in [3.8, 4) is 11.5 Å². The van der Waals surface area contributed by atoms with Gasteiger partial charge in [-0.05, 0) is 70.4 Å². The third-order valence-electron chi connectivity index (χ3n) is 4.37. The maximum Gasteiger partial charge on any atom is 0.257 e. The largest absolute Gasteiger partial charge is 0.494 e. The molecule has 0 aromatic heterocycles. The molecular weight excluding hydrogens is 418 g/mol. The highest BCUT2D eigenvalue weighted by Gasteiger charge is 2.15. The van der Waals surface area contributed by atoms with Gasteiger partial charge in [-0.15, -0.1) is 0 Å². The average molecular weight is 448 g/mol. The van der Waals surface area contributed by atoms with Crippen LogP contribution in [0.2, 0.25) is 0 Å². The van der Waals surface area contributed by atoms with E-state index >= 15 is 0 Å². The Morgan fingerprint density at radius 3 is 2.50 bits per heavy atom. The van der Waals surface area contributed by atoms with Gasteiger partial charge in [0.1, 0.15) is 11.5 Å². The molecule has 152 valence electrons. The van der Waals surface area contributed by atoms with E-state index in [0.29, 0.717) is 18.9 Å². The number of rotatable bonds is 9. The number of ether oxygens (including phenoxy) is 2. The monoisotopic (exact) mass is 447 g/mol. The molecular formula is C23H30BrNO3. The second-order valence-corrected chi connectivity index (χ2v) is 8.53. The zero-order valence-electron chi connectivity index (χ0n) is 17.2. The van der Waals surface area contributed by atoms with Gasteiger partial charge < -0.3 is 14.8 Å². The molecule has 28 heavy (non-hydrogen) atoms. The Bertz CT molecular complexity index is 784. The summed E-state index contributed by atoms with van der Waals surface area (Å²) >= 11 is 3.53. The van der Waals surface area contributed by atoms with Gasteiger partial charge in [-0.1, -0.05) is 45.0 Å². The molecule has 0 unspecified atom stereocenters. The molecule has 0 radical (unpaired) electrons. The Morgan fingerprint density at radius 2 is 1.82 bits per heavy atom. The fourth-order valence-electron chi connectivity index (χ4n) is 2.79. The van der Waals surface area contributed by atoms with Crippen LogP contribution >= 0.6 is 15.9 Å². The van der Waals surface area contributed by atoms with Crippen LogP contribution in [0.4, 0.5) is 0 Å². The third-order valence-corrected chi connectivity index (χ3v) is 4.99. The predicted octanol–water partition coefficient (Wildman–Crippen LogP) is 5.27. The molecule has 0 aliphatic rings. The average Bonchev–Trinajstić information content (AvgIpc) is 2.65. The van der Waals surface area contributed by atoms with E-state index in [1.807, 2.05) is 43.3 Å². The minimum atomic E-state index is -0.120. The summed E-state index contributed by atoms with van der Waals surface area (Å²) in [6.45, 7) is 9.72. The standard InChI is InChI=1S/C23H30BrNO3/c1-5-27-20-11-7-6-9-17(20)10-8-14-25-22(26)16-28-21-13-12-18(15-19(21)24)23(2,3)4/h6-7,9,11-13,15H,5,8,10,14,16H2,1-4H3,(H,25,26). The number of nitrogens with one attached hydrogen (secondary N) is 1. The Labute approximate surface area is 176 Å². The van der Waals surface area contributed by atoms with Crippen molar-refractivity contribution in [1.29, 1.82) is 0 Å². The molecule has 0 fully saturated rings. The summed E-state index contributed by atoms with van der Waals surface area (Å²) in [5, 5.41) is 2.91.